The number of unbranched alkanes of at least 4 members (excludes halogenated alkanes) is 2. The maximum atomic E-state index is 12.2. The fourth-order valence-electron chi connectivity index (χ4n) is 1.23. The van der Waals surface area contributed by atoms with Crippen molar-refractivity contribution in [3.05, 3.63) is 28.2 Å². The highest BCUT2D eigenvalue weighted by atomic mass is 79.9. The van der Waals surface area contributed by atoms with Crippen LogP contribution in [0, 0.1) is 11.8 Å². The zero-order chi connectivity index (χ0) is 13.6. The molecule has 0 aliphatic heterocycles. The van der Waals surface area contributed by atoms with Gasteiger partial charge in [-0.25, -0.2) is 0 Å². The van der Waals surface area contributed by atoms with Crippen molar-refractivity contribution < 1.29 is 17.9 Å². The van der Waals surface area contributed by atoms with Gasteiger partial charge in [0.25, 0.3) is 0 Å². The summed E-state index contributed by atoms with van der Waals surface area (Å²) < 4.78 is 41.1. The summed E-state index contributed by atoms with van der Waals surface area (Å²) in [7, 11) is 0. The molecule has 0 N–H and O–H groups in total. The second kappa shape index (κ2) is 6.69. The number of rotatable bonds is 3. The first-order chi connectivity index (χ1) is 8.42. The van der Waals surface area contributed by atoms with E-state index in [0.29, 0.717) is 10.9 Å². The maximum Gasteiger partial charge on any atom is 0.573 e. The first-order valence-corrected chi connectivity index (χ1v) is 6.26. The van der Waals surface area contributed by atoms with E-state index < -0.39 is 6.36 Å². The lowest BCUT2D eigenvalue weighted by atomic mass is 10.2. The summed E-state index contributed by atoms with van der Waals surface area (Å²) in [5.74, 6) is 5.26. The van der Waals surface area contributed by atoms with E-state index >= 15 is 0 Å². The van der Waals surface area contributed by atoms with E-state index in [2.05, 4.69) is 32.5 Å². The zero-order valence-electron chi connectivity index (χ0n) is 9.77. The summed E-state index contributed by atoms with van der Waals surface area (Å²) in [6.07, 6.45) is -2.11. The smallest absolute Gasteiger partial charge is 0.404 e. The van der Waals surface area contributed by atoms with Gasteiger partial charge in [-0.15, -0.1) is 13.2 Å². The molecular formula is C13H12BrF3O. The molecule has 1 aromatic rings. The Morgan fingerprint density at radius 2 is 2.06 bits per heavy atom. The minimum absolute atomic E-state index is 0.242. The van der Waals surface area contributed by atoms with Crippen molar-refractivity contribution in [1.29, 1.82) is 0 Å². The lowest BCUT2D eigenvalue weighted by Crippen LogP contribution is -2.17. The Labute approximate surface area is 112 Å². The van der Waals surface area contributed by atoms with Crippen LogP contribution in [0.25, 0.3) is 0 Å². The summed E-state index contributed by atoms with van der Waals surface area (Å²) in [4.78, 5) is 0. The van der Waals surface area contributed by atoms with E-state index in [1.165, 1.54) is 12.1 Å². The molecule has 0 bridgehead atoms. The molecular weight excluding hydrogens is 309 g/mol. The molecule has 0 spiro atoms. The van der Waals surface area contributed by atoms with Gasteiger partial charge in [-0.1, -0.05) is 41.1 Å². The molecule has 0 fully saturated rings. The summed E-state index contributed by atoms with van der Waals surface area (Å²) in [6.45, 7) is 2.03. The van der Waals surface area contributed by atoms with E-state index in [9.17, 15) is 13.2 Å². The molecule has 0 unspecified atom stereocenters. The molecule has 0 aliphatic carbocycles. The fourth-order valence-corrected chi connectivity index (χ4v) is 1.57. The highest BCUT2D eigenvalue weighted by molar-refractivity contribution is 9.10. The van der Waals surface area contributed by atoms with Crippen LogP contribution in [0.3, 0.4) is 0 Å². The van der Waals surface area contributed by atoms with Crippen LogP contribution in [0.4, 0.5) is 13.2 Å². The van der Waals surface area contributed by atoms with Crippen molar-refractivity contribution in [2.75, 3.05) is 0 Å². The van der Waals surface area contributed by atoms with Crippen molar-refractivity contribution in [2.45, 2.75) is 32.5 Å². The van der Waals surface area contributed by atoms with Crippen LogP contribution in [0.5, 0.6) is 5.75 Å². The monoisotopic (exact) mass is 320 g/mol. The zero-order valence-corrected chi connectivity index (χ0v) is 11.4. The third-order valence-corrected chi connectivity index (χ3v) is 2.54. The minimum Gasteiger partial charge on any atom is -0.404 e. The number of benzene rings is 1. The van der Waals surface area contributed by atoms with Crippen LogP contribution in [0.1, 0.15) is 31.7 Å². The number of halogens is 4. The predicted molar refractivity (Wildman–Crippen MR) is 67.2 cm³/mol. The van der Waals surface area contributed by atoms with E-state index in [1.54, 1.807) is 6.07 Å². The number of hydrogen-bond acceptors (Lipinski definition) is 1. The van der Waals surface area contributed by atoms with Crippen molar-refractivity contribution in [2.24, 2.45) is 0 Å². The lowest BCUT2D eigenvalue weighted by Gasteiger charge is -2.10. The molecule has 0 saturated carbocycles. The summed E-state index contributed by atoms with van der Waals surface area (Å²) >= 11 is 3.10. The van der Waals surface area contributed by atoms with Gasteiger partial charge in [0.15, 0.2) is 0 Å². The first kappa shape index (κ1) is 14.9. The van der Waals surface area contributed by atoms with Gasteiger partial charge >= 0.3 is 6.36 Å². The molecule has 0 radical (unpaired) electrons. The molecule has 0 saturated heterocycles. The molecule has 98 valence electrons. The van der Waals surface area contributed by atoms with E-state index in [0.717, 1.165) is 12.8 Å². The van der Waals surface area contributed by atoms with E-state index in [4.69, 9.17) is 0 Å². The fraction of sp³-hybridized carbons (Fsp3) is 0.385. The van der Waals surface area contributed by atoms with Crippen LogP contribution in [0.2, 0.25) is 0 Å². The van der Waals surface area contributed by atoms with E-state index in [-0.39, 0.29) is 11.3 Å². The molecule has 0 heterocycles. The Bertz CT molecular complexity index is 458. The molecule has 1 nitrogen and oxygen atoms in total. The molecule has 0 atom stereocenters. The Hall–Kier alpha value is -1.15. The normalized spacial score (nSPS) is 10.7. The Kier molecular flexibility index (Phi) is 5.54. The van der Waals surface area contributed by atoms with E-state index in [1.807, 2.05) is 6.92 Å². The standard InChI is InChI=1S/C13H12BrF3O/c1-2-3-4-5-6-10-7-8-11(14)9-12(10)18-13(15,16)17/h7-9H,2-4H2,1H3. The van der Waals surface area contributed by atoms with Gasteiger partial charge in [0, 0.05) is 10.9 Å². The Morgan fingerprint density at radius 3 is 2.67 bits per heavy atom. The van der Waals surface area contributed by atoms with Gasteiger partial charge in [0.05, 0.1) is 5.56 Å². The summed E-state index contributed by atoms with van der Waals surface area (Å²) in [5, 5.41) is 0. The quantitative estimate of drug-likeness (QED) is 0.569. The molecule has 0 aliphatic rings. The van der Waals surface area contributed by atoms with Crippen molar-refractivity contribution in [1.82, 2.24) is 0 Å². The Balaban J connectivity index is 2.92. The van der Waals surface area contributed by atoms with Gasteiger partial charge in [0.1, 0.15) is 5.75 Å². The average Bonchev–Trinajstić information content (AvgIpc) is 2.24. The highest BCUT2D eigenvalue weighted by Crippen LogP contribution is 2.28. The van der Waals surface area contributed by atoms with Crippen molar-refractivity contribution in [3.63, 3.8) is 0 Å². The summed E-state index contributed by atoms with van der Waals surface area (Å²) in [5.41, 5.74) is 0.242. The number of hydrogen-bond donors (Lipinski definition) is 0. The largest absolute Gasteiger partial charge is 0.573 e. The molecule has 18 heavy (non-hydrogen) atoms. The van der Waals surface area contributed by atoms with Gasteiger partial charge in [-0.3, -0.25) is 0 Å². The van der Waals surface area contributed by atoms with Crippen molar-refractivity contribution in [3.8, 4) is 17.6 Å². The average molecular weight is 321 g/mol. The predicted octanol–water partition coefficient (Wildman–Crippen LogP) is 4.89. The Morgan fingerprint density at radius 1 is 1.33 bits per heavy atom. The van der Waals surface area contributed by atoms with Crippen LogP contribution in [-0.4, -0.2) is 6.36 Å². The van der Waals surface area contributed by atoms with Crippen molar-refractivity contribution >= 4 is 15.9 Å². The minimum atomic E-state index is -4.71. The molecule has 0 amide bonds. The topological polar surface area (TPSA) is 9.23 Å². The second-order valence-electron chi connectivity index (χ2n) is 3.59. The second-order valence-corrected chi connectivity index (χ2v) is 4.51. The third kappa shape index (κ3) is 5.46. The maximum absolute atomic E-state index is 12.2. The number of alkyl halides is 3. The third-order valence-electron chi connectivity index (χ3n) is 2.05. The molecule has 5 heteroatoms. The van der Waals surface area contributed by atoms with Crippen LogP contribution >= 0.6 is 15.9 Å². The van der Waals surface area contributed by atoms with Gasteiger partial charge in [-0.2, -0.15) is 0 Å². The highest BCUT2D eigenvalue weighted by Gasteiger charge is 2.32. The first-order valence-electron chi connectivity index (χ1n) is 5.46. The lowest BCUT2D eigenvalue weighted by molar-refractivity contribution is -0.274. The van der Waals surface area contributed by atoms with Gasteiger partial charge in [0.2, 0.25) is 0 Å². The van der Waals surface area contributed by atoms with Crippen LogP contribution in [0.15, 0.2) is 22.7 Å². The summed E-state index contributed by atoms with van der Waals surface area (Å²) in [6, 6.07) is 4.40. The van der Waals surface area contributed by atoms with Crippen LogP contribution < -0.4 is 4.74 Å². The molecule has 0 aromatic heterocycles. The number of ether oxygens (including phenoxy) is 1. The van der Waals surface area contributed by atoms with Gasteiger partial charge in [-0.05, 0) is 24.6 Å². The molecule has 1 rings (SSSR count). The van der Waals surface area contributed by atoms with Gasteiger partial charge < -0.3 is 4.74 Å². The van der Waals surface area contributed by atoms with Crippen LogP contribution in [-0.2, 0) is 0 Å². The molecule has 1 aromatic carbocycles. The SMILES string of the molecule is CCCCC#Cc1ccc(Br)cc1OC(F)(F)F.